The van der Waals surface area contributed by atoms with Crippen LogP contribution >= 0.6 is 11.8 Å². The molecule has 0 saturated carbocycles. The van der Waals surface area contributed by atoms with Gasteiger partial charge in [-0.15, -0.1) is 11.8 Å². The highest BCUT2D eigenvalue weighted by atomic mass is 32.2. The first-order valence-corrected chi connectivity index (χ1v) is 10.6. The van der Waals surface area contributed by atoms with Crippen LogP contribution in [0.1, 0.15) is 22.3 Å². The SMILES string of the molecule is Cc1ccc(C2=C(SCc3ccccc3)C(=O)N(Cc3ccc(F)cc3)C2=O)cc1. The molecular formula is C25H20FNO2S. The summed E-state index contributed by atoms with van der Waals surface area (Å²) in [5.41, 5.74) is 4.03. The van der Waals surface area contributed by atoms with Gasteiger partial charge in [-0.25, -0.2) is 4.39 Å². The van der Waals surface area contributed by atoms with E-state index >= 15 is 0 Å². The highest BCUT2D eigenvalue weighted by Gasteiger charge is 2.39. The molecule has 1 aliphatic heterocycles. The predicted octanol–water partition coefficient (Wildman–Crippen LogP) is 5.35. The molecule has 0 fully saturated rings. The summed E-state index contributed by atoms with van der Waals surface area (Å²) in [7, 11) is 0. The van der Waals surface area contributed by atoms with Crippen LogP contribution in [0.3, 0.4) is 0 Å². The summed E-state index contributed by atoms with van der Waals surface area (Å²) in [6.45, 7) is 2.09. The van der Waals surface area contributed by atoms with Crippen molar-refractivity contribution in [3.05, 3.63) is 112 Å². The fourth-order valence-corrected chi connectivity index (χ4v) is 4.39. The molecular weight excluding hydrogens is 397 g/mol. The molecule has 0 bridgehead atoms. The summed E-state index contributed by atoms with van der Waals surface area (Å²) >= 11 is 1.38. The molecule has 0 unspecified atom stereocenters. The first-order valence-electron chi connectivity index (χ1n) is 9.61. The van der Waals surface area contributed by atoms with E-state index in [2.05, 4.69) is 0 Å². The van der Waals surface area contributed by atoms with Gasteiger partial charge in [-0.05, 0) is 35.7 Å². The second-order valence-electron chi connectivity index (χ2n) is 7.17. The molecule has 2 amide bonds. The van der Waals surface area contributed by atoms with Gasteiger partial charge in [0.2, 0.25) is 0 Å². The molecule has 150 valence electrons. The Balaban J connectivity index is 1.66. The molecule has 30 heavy (non-hydrogen) atoms. The third kappa shape index (κ3) is 4.21. The molecule has 0 atom stereocenters. The van der Waals surface area contributed by atoms with Crippen LogP contribution in [0, 0.1) is 12.7 Å². The molecule has 3 aromatic carbocycles. The van der Waals surface area contributed by atoms with E-state index in [4.69, 9.17) is 0 Å². The minimum Gasteiger partial charge on any atom is -0.269 e. The van der Waals surface area contributed by atoms with Gasteiger partial charge < -0.3 is 0 Å². The molecule has 0 radical (unpaired) electrons. The smallest absolute Gasteiger partial charge is 0.268 e. The van der Waals surface area contributed by atoms with Gasteiger partial charge in [0.1, 0.15) is 5.82 Å². The quantitative estimate of drug-likeness (QED) is 0.508. The normalized spacial score (nSPS) is 14.0. The molecule has 0 aliphatic carbocycles. The number of thioether (sulfide) groups is 1. The van der Waals surface area contributed by atoms with Gasteiger partial charge in [-0.2, -0.15) is 0 Å². The van der Waals surface area contributed by atoms with Crippen molar-refractivity contribution in [1.82, 2.24) is 4.90 Å². The van der Waals surface area contributed by atoms with E-state index < -0.39 is 0 Å². The third-order valence-electron chi connectivity index (χ3n) is 4.95. The van der Waals surface area contributed by atoms with Crippen molar-refractivity contribution in [2.75, 3.05) is 0 Å². The molecule has 3 nitrogen and oxygen atoms in total. The van der Waals surface area contributed by atoms with Crippen molar-refractivity contribution < 1.29 is 14.0 Å². The van der Waals surface area contributed by atoms with E-state index in [0.717, 1.165) is 16.7 Å². The van der Waals surface area contributed by atoms with Crippen LogP contribution in [0.2, 0.25) is 0 Å². The maximum Gasteiger partial charge on any atom is 0.268 e. The van der Waals surface area contributed by atoms with Crippen molar-refractivity contribution in [2.45, 2.75) is 19.2 Å². The number of aryl methyl sites for hydroxylation is 1. The largest absolute Gasteiger partial charge is 0.269 e. The molecule has 1 aliphatic rings. The minimum absolute atomic E-state index is 0.114. The van der Waals surface area contributed by atoms with Crippen molar-refractivity contribution in [1.29, 1.82) is 0 Å². The molecule has 0 N–H and O–H groups in total. The van der Waals surface area contributed by atoms with Gasteiger partial charge in [0.05, 0.1) is 17.0 Å². The summed E-state index contributed by atoms with van der Waals surface area (Å²) in [5, 5.41) is 0. The predicted molar refractivity (Wildman–Crippen MR) is 118 cm³/mol. The van der Waals surface area contributed by atoms with Crippen LogP contribution in [-0.4, -0.2) is 16.7 Å². The van der Waals surface area contributed by atoms with E-state index in [9.17, 15) is 14.0 Å². The van der Waals surface area contributed by atoms with E-state index in [1.165, 1.54) is 28.8 Å². The maximum absolute atomic E-state index is 13.3. The van der Waals surface area contributed by atoms with Crippen LogP contribution in [0.4, 0.5) is 4.39 Å². The lowest BCUT2D eigenvalue weighted by molar-refractivity contribution is -0.137. The lowest BCUT2D eigenvalue weighted by atomic mass is 10.0. The molecule has 0 saturated heterocycles. The van der Waals surface area contributed by atoms with Crippen molar-refractivity contribution in [3.8, 4) is 0 Å². The molecule has 1 heterocycles. The first-order chi connectivity index (χ1) is 14.5. The zero-order chi connectivity index (χ0) is 21.1. The zero-order valence-corrected chi connectivity index (χ0v) is 17.3. The van der Waals surface area contributed by atoms with Gasteiger partial charge in [0, 0.05) is 5.75 Å². The lowest BCUT2D eigenvalue weighted by Crippen LogP contribution is -2.30. The van der Waals surface area contributed by atoms with E-state index in [0.29, 0.717) is 21.8 Å². The average Bonchev–Trinajstić information content (AvgIpc) is 2.99. The number of rotatable bonds is 6. The molecule has 0 spiro atoms. The highest BCUT2D eigenvalue weighted by molar-refractivity contribution is 8.03. The van der Waals surface area contributed by atoms with Gasteiger partial charge in [-0.1, -0.05) is 72.3 Å². The van der Waals surface area contributed by atoms with Gasteiger partial charge in [0.15, 0.2) is 0 Å². The summed E-state index contributed by atoms with van der Waals surface area (Å²) in [5.74, 6) is -0.380. The Morgan fingerprint density at radius 1 is 0.800 bits per heavy atom. The number of hydrogen-bond donors (Lipinski definition) is 0. The highest BCUT2D eigenvalue weighted by Crippen LogP contribution is 2.38. The van der Waals surface area contributed by atoms with Crippen LogP contribution < -0.4 is 0 Å². The van der Waals surface area contributed by atoms with Crippen LogP contribution in [0.15, 0.2) is 83.8 Å². The molecule has 3 aromatic rings. The summed E-state index contributed by atoms with van der Waals surface area (Å²) in [6, 6.07) is 23.3. The number of halogens is 1. The lowest BCUT2D eigenvalue weighted by Gasteiger charge is -2.15. The third-order valence-corrected chi connectivity index (χ3v) is 6.09. The Morgan fingerprint density at radius 2 is 1.47 bits per heavy atom. The van der Waals surface area contributed by atoms with Gasteiger partial charge in [0.25, 0.3) is 11.8 Å². The summed E-state index contributed by atoms with van der Waals surface area (Å²) in [4.78, 5) is 28.2. The number of carbonyl (C=O) groups is 2. The second kappa shape index (κ2) is 8.67. The van der Waals surface area contributed by atoms with E-state index in [-0.39, 0.29) is 24.2 Å². The van der Waals surface area contributed by atoms with E-state index in [1.54, 1.807) is 12.1 Å². The molecule has 0 aromatic heterocycles. The molecule has 5 heteroatoms. The van der Waals surface area contributed by atoms with Crippen molar-refractivity contribution in [2.24, 2.45) is 0 Å². The van der Waals surface area contributed by atoms with Crippen molar-refractivity contribution >= 4 is 29.1 Å². The number of benzene rings is 3. The Labute approximate surface area is 179 Å². The second-order valence-corrected chi connectivity index (χ2v) is 8.15. The fourth-order valence-electron chi connectivity index (χ4n) is 3.31. The Morgan fingerprint density at radius 3 is 2.13 bits per heavy atom. The summed E-state index contributed by atoms with van der Waals surface area (Å²) in [6.07, 6.45) is 0. The number of carbonyl (C=O) groups excluding carboxylic acids is 2. The van der Waals surface area contributed by atoms with Crippen LogP contribution in [0.5, 0.6) is 0 Å². The van der Waals surface area contributed by atoms with Crippen molar-refractivity contribution in [3.63, 3.8) is 0 Å². The Kier molecular flexibility index (Phi) is 5.81. The number of amides is 2. The zero-order valence-electron chi connectivity index (χ0n) is 16.5. The number of nitrogens with zero attached hydrogens (tertiary/aromatic N) is 1. The first kappa shape index (κ1) is 20.1. The van der Waals surface area contributed by atoms with Gasteiger partial charge in [-0.3, -0.25) is 14.5 Å². The number of hydrogen-bond acceptors (Lipinski definition) is 3. The monoisotopic (exact) mass is 417 g/mol. The maximum atomic E-state index is 13.3. The van der Waals surface area contributed by atoms with E-state index in [1.807, 2.05) is 61.5 Å². The number of imide groups is 1. The van der Waals surface area contributed by atoms with Crippen LogP contribution in [0.25, 0.3) is 5.57 Å². The molecule has 4 rings (SSSR count). The van der Waals surface area contributed by atoms with Gasteiger partial charge >= 0.3 is 0 Å². The standard InChI is InChI=1S/C25H20FNO2S/c1-17-7-11-20(12-8-17)22-23(30-16-19-5-3-2-4-6-19)25(29)27(24(22)28)15-18-9-13-21(26)14-10-18/h2-14H,15-16H2,1H3. The Hall–Kier alpha value is -3.18. The average molecular weight is 418 g/mol. The topological polar surface area (TPSA) is 37.4 Å². The Bertz CT molecular complexity index is 1110. The fraction of sp³-hybridized carbons (Fsp3) is 0.120. The minimum atomic E-state index is -0.351. The van der Waals surface area contributed by atoms with Crippen LogP contribution in [-0.2, 0) is 21.9 Å². The summed E-state index contributed by atoms with van der Waals surface area (Å²) < 4.78 is 13.2.